The van der Waals surface area contributed by atoms with E-state index in [-0.39, 0.29) is 11.7 Å². The SMILES string of the molecule is CC(=O)NCC1CCCN(CCCS(C)(=O)=O)C1. The number of amides is 1. The molecule has 1 atom stereocenters. The van der Waals surface area contributed by atoms with Gasteiger partial charge >= 0.3 is 0 Å². The number of carbonyl (C=O) groups is 1. The lowest BCUT2D eigenvalue weighted by Crippen LogP contribution is -2.41. The van der Waals surface area contributed by atoms with Crippen molar-refractivity contribution in [3.63, 3.8) is 0 Å². The molecule has 0 spiro atoms. The molecule has 0 aromatic heterocycles. The molecule has 6 heteroatoms. The van der Waals surface area contributed by atoms with Crippen LogP contribution in [0.1, 0.15) is 26.2 Å². The van der Waals surface area contributed by atoms with Crippen molar-refractivity contribution in [1.29, 1.82) is 0 Å². The Morgan fingerprint density at radius 3 is 2.78 bits per heavy atom. The van der Waals surface area contributed by atoms with E-state index < -0.39 is 9.84 Å². The minimum atomic E-state index is -2.84. The van der Waals surface area contributed by atoms with Gasteiger partial charge < -0.3 is 10.2 Å². The quantitative estimate of drug-likeness (QED) is 0.756. The number of sulfone groups is 1. The Hall–Kier alpha value is -0.620. The van der Waals surface area contributed by atoms with E-state index in [1.807, 2.05) is 0 Å². The lowest BCUT2D eigenvalue weighted by molar-refractivity contribution is -0.119. The van der Waals surface area contributed by atoms with Gasteiger partial charge in [0.2, 0.25) is 5.91 Å². The third kappa shape index (κ3) is 6.96. The molecule has 1 amide bonds. The molecule has 1 saturated heterocycles. The monoisotopic (exact) mass is 276 g/mol. The van der Waals surface area contributed by atoms with E-state index in [0.29, 0.717) is 12.3 Å². The van der Waals surface area contributed by atoms with Crippen LogP contribution >= 0.6 is 0 Å². The smallest absolute Gasteiger partial charge is 0.216 e. The van der Waals surface area contributed by atoms with Crippen LogP contribution in [0.25, 0.3) is 0 Å². The number of nitrogens with zero attached hydrogens (tertiary/aromatic N) is 1. The largest absolute Gasteiger partial charge is 0.356 e. The maximum absolute atomic E-state index is 11.0. The summed E-state index contributed by atoms with van der Waals surface area (Å²) < 4.78 is 22.1. The number of likely N-dealkylation sites (tertiary alicyclic amines) is 1. The average Bonchev–Trinajstić information content (AvgIpc) is 2.25. The van der Waals surface area contributed by atoms with E-state index in [2.05, 4.69) is 10.2 Å². The van der Waals surface area contributed by atoms with Gasteiger partial charge in [-0.2, -0.15) is 0 Å². The number of piperidine rings is 1. The molecule has 1 aliphatic heterocycles. The molecule has 1 N–H and O–H groups in total. The first-order chi connectivity index (χ1) is 8.37. The zero-order valence-electron chi connectivity index (χ0n) is 11.3. The Morgan fingerprint density at radius 1 is 1.44 bits per heavy atom. The van der Waals surface area contributed by atoms with Crippen molar-refractivity contribution in [3.8, 4) is 0 Å². The van der Waals surface area contributed by atoms with Crippen molar-refractivity contribution >= 4 is 15.7 Å². The second-order valence-electron chi connectivity index (χ2n) is 5.23. The maximum Gasteiger partial charge on any atom is 0.216 e. The molecule has 18 heavy (non-hydrogen) atoms. The fraction of sp³-hybridized carbons (Fsp3) is 0.917. The first kappa shape index (κ1) is 15.4. The van der Waals surface area contributed by atoms with Gasteiger partial charge in [0, 0.05) is 26.3 Å². The highest BCUT2D eigenvalue weighted by Gasteiger charge is 2.19. The molecular formula is C12H24N2O3S. The summed E-state index contributed by atoms with van der Waals surface area (Å²) in [4.78, 5) is 13.2. The van der Waals surface area contributed by atoms with E-state index in [1.54, 1.807) is 0 Å². The van der Waals surface area contributed by atoms with Gasteiger partial charge in [-0.25, -0.2) is 8.42 Å². The van der Waals surface area contributed by atoms with E-state index in [1.165, 1.54) is 13.2 Å². The minimum absolute atomic E-state index is 0.0178. The van der Waals surface area contributed by atoms with Crippen LogP contribution in [0.15, 0.2) is 0 Å². The van der Waals surface area contributed by atoms with E-state index in [9.17, 15) is 13.2 Å². The number of hydrogen-bond donors (Lipinski definition) is 1. The third-order valence-electron chi connectivity index (χ3n) is 3.23. The van der Waals surface area contributed by atoms with Crippen molar-refractivity contribution in [1.82, 2.24) is 10.2 Å². The van der Waals surface area contributed by atoms with E-state index in [0.717, 1.165) is 39.0 Å². The second kappa shape index (κ2) is 7.09. The summed E-state index contributed by atoms with van der Waals surface area (Å²) in [5.74, 6) is 0.782. The Kier molecular flexibility index (Phi) is 6.08. The molecule has 1 unspecified atom stereocenters. The van der Waals surface area contributed by atoms with Crippen LogP contribution in [-0.2, 0) is 14.6 Å². The molecule has 0 radical (unpaired) electrons. The molecule has 0 aromatic carbocycles. The summed E-state index contributed by atoms with van der Waals surface area (Å²) in [6.07, 6.45) is 4.25. The fourth-order valence-electron chi connectivity index (χ4n) is 2.36. The molecule has 0 aromatic rings. The molecule has 0 aliphatic carbocycles. The Balaban J connectivity index is 2.24. The molecule has 1 aliphatic rings. The van der Waals surface area contributed by atoms with Gasteiger partial charge in [-0.3, -0.25) is 4.79 Å². The zero-order chi connectivity index (χ0) is 13.6. The van der Waals surface area contributed by atoms with Crippen LogP contribution in [0.3, 0.4) is 0 Å². The topological polar surface area (TPSA) is 66.5 Å². The summed E-state index contributed by atoms with van der Waals surface area (Å²) >= 11 is 0. The lowest BCUT2D eigenvalue weighted by Gasteiger charge is -2.32. The Bertz CT molecular complexity index is 368. The van der Waals surface area contributed by atoms with Gasteiger partial charge in [-0.05, 0) is 38.3 Å². The summed E-state index contributed by atoms with van der Waals surface area (Å²) in [6, 6.07) is 0. The molecular weight excluding hydrogens is 252 g/mol. The van der Waals surface area contributed by atoms with Crippen molar-refractivity contribution in [2.75, 3.05) is 38.2 Å². The maximum atomic E-state index is 11.0. The van der Waals surface area contributed by atoms with Gasteiger partial charge in [-0.15, -0.1) is 0 Å². The van der Waals surface area contributed by atoms with Crippen molar-refractivity contribution < 1.29 is 13.2 Å². The van der Waals surface area contributed by atoms with Gasteiger partial charge in [-0.1, -0.05) is 0 Å². The number of carbonyl (C=O) groups excluding carboxylic acids is 1. The Labute approximate surface area is 110 Å². The predicted octanol–water partition coefficient (Wildman–Crippen LogP) is 0.269. The normalized spacial score (nSPS) is 21.8. The first-order valence-corrected chi connectivity index (χ1v) is 8.57. The standard InChI is InChI=1S/C12H24N2O3S/c1-11(15)13-9-12-5-3-6-14(10-12)7-4-8-18(2,16)17/h12H,3-10H2,1-2H3,(H,13,15). The summed E-state index contributed by atoms with van der Waals surface area (Å²) in [7, 11) is -2.84. The molecule has 1 rings (SSSR count). The molecule has 106 valence electrons. The van der Waals surface area contributed by atoms with Crippen LogP contribution < -0.4 is 5.32 Å². The second-order valence-corrected chi connectivity index (χ2v) is 7.49. The summed E-state index contributed by atoms with van der Waals surface area (Å²) in [5, 5.41) is 2.85. The van der Waals surface area contributed by atoms with E-state index >= 15 is 0 Å². The van der Waals surface area contributed by atoms with Gasteiger partial charge in [0.15, 0.2) is 0 Å². The number of nitrogens with one attached hydrogen (secondary N) is 1. The molecule has 0 saturated carbocycles. The highest BCUT2D eigenvalue weighted by molar-refractivity contribution is 7.90. The third-order valence-corrected chi connectivity index (χ3v) is 4.26. The van der Waals surface area contributed by atoms with Crippen LogP contribution in [-0.4, -0.2) is 57.4 Å². The van der Waals surface area contributed by atoms with Gasteiger partial charge in [0.1, 0.15) is 9.84 Å². The van der Waals surface area contributed by atoms with Crippen molar-refractivity contribution in [2.45, 2.75) is 26.2 Å². The number of hydrogen-bond acceptors (Lipinski definition) is 4. The van der Waals surface area contributed by atoms with Crippen molar-refractivity contribution in [3.05, 3.63) is 0 Å². The fourth-order valence-corrected chi connectivity index (χ4v) is 3.01. The molecule has 1 heterocycles. The molecule has 1 fully saturated rings. The summed E-state index contributed by atoms with van der Waals surface area (Å²) in [6.45, 7) is 5.11. The van der Waals surface area contributed by atoms with Crippen LogP contribution in [0.5, 0.6) is 0 Å². The van der Waals surface area contributed by atoms with Crippen molar-refractivity contribution in [2.24, 2.45) is 5.92 Å². The van der Waals surface area contributed by atoms with Crippen LogP contribution in [0.4, 0.5) is 0 Å². The van der Waals surface area contributed by atoms with Crippen LogP contribution in [0, 0.1) is 5.92 Å². The Morgan fingerprint density at radius 2 is 2.17 bits per heavy atom. The summed E-state index contributed by atoms with van der Waals surface area (Å²) in [5.41, 5.74) is 0. The molecule has 5 nitrogen and oxygen atoms in total. The first-order valence-electron chi connectivity index (χ1n) is 6.51. The average molecular weight is 276 g/mol. The van der Waals surface area contributed by atoms with Gasteiger partial charge in [0.05, 0.1) is 5.75 Å². The van der Waals surface area contributed by atoms with Gasteiger partial charge in [0.25, 0.3) is 0 Å². The zero-order valence-corrected chi connectivity index (χ0v) is 12.1. The molecule has 0 bridgehead atoms. The van der Waals surface area contributed by atoms with E-state index in [4.69, 9.17) is 0 Å². The highest BCUT2D eigenvalue weighted by atomic mass is 32.2. The lowest BCUT2D eigenvalue weighted by atomic mass is 9.98. The predicted molar refractivity (Wildman–Crippen MR) is 72.2 cm³/mol. The highest BCUT2D eigenvalue weighted by Crippen LogP contribution is 2.15. The van der Waals surface area contributed by atoms with Crippen LogP contribution in [0.2, 0.25) is 0 Å². The minimum Gasteiger partial charge on any atom is -0.356 e. The number of rotatable bonds is 6.